The van der Waals surface area contributed by atoms with Gasteiger partial charge in [-0.1, -0.05) is 30.3 Å². The van der Waals surface area contributed by atoms with Crippen LogP contribution in [0.2, 0.25) is 0 Å². The first-order chi connectivity index (χ1) is 16.3. The number of halogens is 2. The molecule has 2 N–H and O–H groups in total. The number of ketones is 1. The number of likely N-dealkylation sites (tertiary alicyclic amines) is 1. The van der Waals surface area contributed by atoms with E-state index in [1.165, 1.54) is 41.3 Å². The number of rotatable bonds is 4. The predicted octanol–water partition coefficient (Wildman–Crippen LogP) is 5.38. The molecule has 2 heterocycles. The van der Waals surface area contributed by atoms with Crippen molar-refractivity contribution in [1.82, 2.24) is 9.88 Å². The van der Waals surface area contributed by atoms with Crippen molar-refractivity contribution >= 4 is 28.4 Å². The van der Waals surface area contributed by atoms with Crippen LogP contribution in [0.3, 0.4) is 0 Å². The molecule has 5 nitrogen and oxygen atoms in total. The van der Waals surface area contributed by atoms with Crippen LogP contribution in [0.15, 0.2) is 78.4 Å². The predicted molar refractivity (Wildman–Crippen MR) is 124 cm³/mol. The Balaban J connectivity index is 1.73. The van der Waals surface area contributed by atoms with Gasteiger partial charge in [-0.05, 0) is 55.0 Å². The van der Waals surface area contributed by atoms with E-state index in [1.807, 2.05) is 31.2 Å². The van der Waals surface area contributed by atoms with E-state index in [0.717, 1.165) is 16.6 Å². The van der Waals surface area contributed by atoms with Gasteiger partial charge in [0.25, 0.3) is 11.7 Å². The first-order valence-corrected chi connectivity index (χ1v) is 10.7. The van der Waals surface area contributed by atoms with Gasteiger partial charge in [0, 0.05) is 34.3 Å². The molecule has 1 aliphatic rings. The maximum Gasteiger partial charge on any atom is 0.295 e. The molecule has 3 aromatic carbocycles. The van der Waals surface area contributed by atoms with Gasteiger partial charge >= 0.3 is 0 Å². The van der Waals surface area contributed by atoms with Gasteiger partial charge in [-0.3, -0.25) is 9.59 Å². The van der Waals surface area contributed by atoms with Gasteiger partial charge in [0.05, 0.1) is 11.6 Å². The first-order valence-electron chi connectivity index (χ1n) is 10.7. The molecule has 170 valence electrons. The summed E-state index contributed by atoms with van der Waals surface area (Å²) >= 11 is 0. The maximum atomic E-state index is 13.5. The highest BCUT2D eigenvalue weighted by molar-refractivity contribution is 6.46. The van der Waals surface area contributed by atoms with Gasteiger partial charge < -0.3 is 15.0 Å². The molecule has 0 bridgehead atoms. The first kappa shape index (κ1) is 21.6. The molecule has 1 fully saturated rings. The van der Waals surface area contributed by atoms with Gasteiger partial charge in [0.15, 0.2) is 0 Å². The number of aliphatic hydroxyl groups excluding tert-OH is 1. The summed E-state index contributed by atoms with van der Waals surface area (Å²) in [5, 5.41) is 12.0. The summed E-state index contributed by atoms with van der Waals surface area (Å²) in [4.78, 5) is 31.1. The molecule has 1 atom stereocenters. The molecule has 34 heavy (non-hydrogen) atoms. The highest BCUT2D eigenvalue weighted by Crippen LogP contribution is 2.44. The standard InChI is InChI=1S/C27H20F2N2O3/c1-15-22(20-4-2-3-5-21(20)30-15)24-23(25(32)17-8-12-19(29)13-9-17)26(33)27(34)31(24)14-16-6-10-18(28)11-7-16/h2-13,24,30,32H,14H2,1H3/b25-23+. The molecule has 1 amide bonds. The molecule has 1 aromatic heterocycles. The monoisotopic (exact) mass is 458 g/mol. The summed E-state index contributed by atoms with van der Waals surface area (Å²) in [5.74, 6) is -2.89. The second-order valence-corrected chi connectivity index (χ2v) is 8.27. The molecular weight excluding hydrogens is 438 g/mol. The fraction of sp³-hybridized carbons (Fsp3) is 0.111. The second-order valence-electron chi connectivity index (χ2n) is 8.27. The number of aryl methyl sites for hydroxylation is 1. The van der Waals surface area contributed by atoms with Gasteiger partial charge in [0.2, 0.25) is 0 Å². The normalized spacial score (nSPS) is 17.6. The summed E-state index contributed by atoms with van der Waals surface area (Å²) in [5.41, 5.74) is 3.02. The van der Waals surface area contributed by atoms with E-state index >= 15 is 0 Å². The fourth-order valence-corrected chi connectivity index (χ4v) is 4.54. The molecule has 7 heteroatoms. The van der Waals surface area contributed by atoms with Gasteiger partial charge in [-0.25, -0.2) is 8.78 Å². The Labute approximate surface area is 194 Å². The number of Topliss-reactive ketones (excluding diaryl/α,β-unsaturated/α-hetero) is 1. The van der Waals surface area contributed by atoms with Crippen molar-refractivity contribution in [2.45, 2.75) is 19.5 Å². The molecule has 0 spiro atoms. The minimum Gasteiger partial charge on any atom is -0.507 e. The van der Waals surface area contributed by atoms with Crippen molar-refractivity contribution in [2.75, 3.05) is 0 Å². The van der Waals surface area contributed by atoms with Crippen molar-refractivity contribution in [2.24, 2.45) is 0 Å². The van der Waals surface area contributed by atoms with Crippen LogP contribution < -0.4 is 0 Å². The molecule has 0 saturated carbocycles. The van der Waals surface area contributed by atoms with Crippen LogP contribution in [0.1, 0.15) is 28.4 Å². The van der Waals surface area contributed by atoms with Crippen molar-refractivity contribution in [1.29, 1.82) is 0 Å². The van der Waals surface area contributed by atoms with E-state index in [4.69, 9.17) is 0 Å². The van der Waals surface area contributed by atoms with Crippen molar-refractivity contribution in [3.8, 4) is 0 Å². The van der Waals surface area contributed by atoms with E-state index in [2.05, 4.69) is 4.98 Å². The lowest BCUT2D eigenvalue weighted by molar-refractivity contribution is -0.140. The number of benzene rings is 3. The minimum absolute atomic E-state index is 0.0364. The van der Waals surface area contributed by atoms with Gasteiger partial charge in [0.1, 0.15) is 17.4 Å². The number of para-hydroxylation sites is 1. The second kappa shape index (κ2) is 8.26. The number of hydrogen-bond donors (Lipinski definition) is 2. The molecule has 1 unspecified atom stereocenters. The van der Waals surface area contributed by atoms with Crippen molar-refractivity contribution in [3.63, 3.8) is 0 Å². The fourth-order valence-electron chi connectivity index (χ4n) is 4.54. The number of carbonyl (C=O) groups excluding carboxylic acids is 2. The number of nitrogens with zero attached hydrogens (tertiary/aromatic N) is 1. The lowest BCUT2D eigenvalue weighted by atomic mass is 9.93. The van der Waals surface area contributed by atoms with Crippen LogP contribution in [-0.2, 0) is 16.1 Å². The molecule has 0 radical (unpaired) electrons. The number of fused-ring (bicyclic) bond motifs is 1. The number of amides is 1. The molecular formula is C27H20F2N2O3. The van der Waals surface area contributed by atoms with Crippen LogP contribution in [0.25, 0.3) is 16.7 Å². The van der Waals surface area contributed by atoms with E-state index in [0.29, 0.717) is 11.1 Å². The number of carbonyl (C=O) groups is 2. The molecule has 4 aromatic rings. The van der Waals surface area contributed by atoms with Crippen LogP contribution in [0.5, 0.6) is 0 Å². The number of H-pyrrole nitrogens is 1. The minimum atomic E-state index is -0.897. The topological polar surface area (TPSA) is 73.4 Å². The Morgan fingerprint density at radius 1 is 0.941 bits per heavy atom. The Morgan fingerprint density at radius 3 is 2.24 bits per heavy atom. The van der Waals surface area contributed by atoms with Crippen LogP contribution in [0, 0.1) is 18.6 Å². The largest absolute Gasteiger partial charge is 0.507 e. The number of hydrogen-bond acceptors (Lipinski definition) is 3. The zero-order valence-corrected chi connectivity index (χ0v) is 18.2. The third-order valence-electron chi connectivity index (χ3n) is 6.14. The average Bonchev–Trinajstić information content (AvgIpc) is 3.28. The third kappa shape index (κ3) is 3.55. The zero-order chi connectivity index (χ0) is 24.0. The number of nitrogens with one attached hydrogen (secondary N) is 1. The number of aromatic amines is 1. The van der Waals surface area contributed by atoms with Crippen LogP contribution in [-0.4, -0.2) is 26.7 Å². The summed E-state index contributed by atoms with van der Waals surface area (Å²) in [6.45, 7) is 1.87. The van der Waals surface area contributed by atoms with E-state index in [1.54, 1.807) is 12.1 Å². The molecule has 5 rings (SSSR count). The summed E-state index contributed by atoms with van der Waals surface area (Å²) < 4.78 is 26.9. The Kier molecular flexibility index (Phi) is 5.24. The lowest BCUT2D eigenvalue weighted by Crippen LogP contribution is -2.29. The average molecular weight is 458 g/mol. The molecule has 1 aliphatic heterocycles. The summed E-state index contributed by atoms with van der Waals surface area (Å²) in [7, 11) is 0. The zero-order valence-electron chi connectivity index (χ0n) is 18.2. The van der Waals surface area contributed by atoms with Crippen LogP contribution in [0.4, 0.5) is 8.78 Å². The molecule has 0 aliphatic carbocycles. The quantitative estimate of drug-likeness (QED) is 0.245. The maximum absolute atomic E-state index is 13.5. The highest BCUT2D eigenvalue weighted by atomic mass is 19.1. The smallest absolute Gasteiger partial charge is 0.295 e. The van der Waals surface area contributed by atoms with Crippen LogP contribution >= 0.6 is 0 Å². The third-order valence-corrected chi connectivity index (χ3v) is 6.14. The van der Waals surface area contributed by atoms with Crippen molar-refractivity contribution in [3.05, 3.63) is 112 Å². The van der Waals surface area contributed by atoms with E-state index in [-0.39, 0.29) is 23.4 Å². The van der Waals surface area contributed by atoms with Crippen molar-refractivity contribution < 1.29 is 23.5 Å². The van der Waals surface area contributed by atoms with E-state index in [9.17, 15) is 23.5 Å². The van der Waals surface area contributed by atoms with E-state index < -0.39 is 29.4 Å². The Bertz CT molecular complexity index is 1450. The Hall–Kier alpha value is -4.26. The number of aromatic nitrogens is 1. The summed E-state index contributed by atoms with van der Waals surface area (Å²) in [6.07, 6.45) is 0. The number of aliphatic hydroxyl groups is 1. The highest BCUT2D eigenvalue weighted by Gasteiger charge is 2.47. The van der Waals surface area contributed by atoms with Gasteiger partial charge in [-0.15, -0.1) is 0 Å². The van der Waals surface area contributed by atoms with Gasteiger partial charge in [-0.2, -0.15) is 0 Å². The summed E-state index contributed by atoms with van der Waals surface area (Å²) in [6, 6.07) is 17.3. The lowest BCUT2D eigenvalue weighted by Gasteiger charge is -2.26. The Morgan fingerprint density at radius 2 is 1.56 bits per heavy atom. The molecule has 1 saturated heterocycles. The SMILES string of the molecule is Cc1[nH]c2ccccc2c1C1/C(=C(\O)c2ccc(F)cc2)C(=O)C(=O)N1Cc1ccc(F)cc1.